The Balaban J connectivity index is 2.20. The van der Waals surface area contributed by atoms with Crippen LogP contribution < -0.4 is 11.1 Å². The average molecular weight is 421 g/mol. The number of nitrogens with two attached hydrogens (primary N) is 1. The van der Waals surface area contributed by atoms with Crippen LogP contribution in [0.15, 0.2) is 4.52 Å². The number of nitrogens with one attached hydrogen (secondary N) is 1. The van der Waals surface area contributed by atoms with Crippen molar-refractivity contribution >= 4 is 23.6 Å². The number of amides is 4. The summed E-state index contributed by atoms with van der Waals surface area (Å²) in [6.45, 7) is 12.8. The molecule has 0 saturated carbocycles. The molecule has 0 bridgehead atoms. The Labute approximate surface area is 175 Å². The second kappa shape index (κ2) is 8.16. The molecule has 1 aromatic rings. The summed E-state index contributed by atoms with van der Waals surface area (Å²) in [6.07, 6.45) is 0.190. The maximum atomic E-state index is 12.8. The lowest BCUT2D eigenvalue weighted by Crippen LogP contribution is -2.54. The number of ketones is 1. The predicted octanol–water partition coefficient (Wildman–Crippen LogP) is 1.79. The number of primary amides is 1. The van der Waals surface area contributed by atoms with Gasteiger partial charge in [-0.25, -0.2) is 4.79 Å². The molecule has 3 N–H and O–H groups in total. The van der Waals surface area contributed by atoms with E-state index in [0.29, 0.717) is 5.76 Å². The van der Waals surface area contributed by atoms with Crippen molar-refractivity contribution in [1.29, 1.82) is 0 Å². The van der Waals surface area contributed by atoms with Crippen LogP contribution in [0.5, 0.6) is 0 Å². The van der Waals surface area contributed by atoms with E-state index in [1.54, 1.807) is 27.7 Å². The molecular weight excluding hydrogens is 390 g/mol. The molecule has 1 aliphatic rings. The van der Waals surface area contributed by atoms with Crippen LogP contribution in [0.1, 0.15) is 77.6 Å². The monoisotopic (exact) mass is 421 g/mol. The third-order valence-electron chi connectivity index (χ3n) is 5.07. The lowest BCUT2D eigenvalue weighted by Gasteiger charge is -2.36. The fourth-order valence-electron chi connectivity index (χ4n) is 3.72. The minimum atomic E-state index is -1.03. The van der Waals surface area contributed by atoms with Gasteiger partial charge in [0, 0.05) is 17.1 Å². The number of Topliss-reactive ketones (excluding diaryl/α,β-unsaturated/α-hetero) is 1. The Morgan fingerprint density at radius 3 is 2.30 bits per heavy atom. The summed E-state index contributed by atoms with van der Waals surface area (Å²) in [4.78, 5) is 50.9. The number of rotatable bonds is 7. The second-order valence-electron chi connectivity index (χ2n) is 10.1. The summed E-state index contributed by atoms with van der Waals surface area (Å²) in [5.41, 5.74) is 4.71. The van der Waals surface area contributed by atoms with Crippen molar-refractivity contribution in [3.8, 4) is 0 Å². The van der Waals surface area contributed by atoms with E-state index >= 15 is 0 Å². The van der Waals surface area contributed by atoms with Gasteiger partial charge in [-0.1, -0.05) is 48.5 Å². The quantitative estimate of drug-likeness (QED) is 0.503. The molecule has 1 saturated heterocycles. The molecule has 2 rings (SSSR count). The second-order valence-corrected chi connectivity index (χ2v) is 10.1. The minimum absolute atomic E-state index is 0.0602. The summed E-state index contributed by atoms with van der Waals surface area (Å²) in [6, 6.07) is -2.52. The fraction of sp³-hybridized carbons (Fsp3) is 0.700. The first-order chi connectivity index (χ1) is 13.6. The van der Waals surface area contributed by atoms with Gasteiger partial charge in [-0.3, -0.25) is 24.6 Å². The minimum Gasteiger partial charge on any atom is -0.368 e. The van der Waals surface area contributed by atoms with Crippen LogP contribution in [0.3, 0.4) is 0 Å². The number of aromatic nitrogens is 2. The highest BCUT2D eigenvalue weighted by Gasteiger charge is 2.49. The summed E-state index contributed by atoms with van der Waals surface area (Å²) < 4.78 is 5.16. The number of imide groups is 1. The van der Waals surface area contributed by atoms with Gasteiger partial charge < -0.3 is 10.3 Å². The first kappa shape index (κ1) is 23.5. The van der Waals surface area contributed by atoms with Crippen LogP contribution in [0.25, 0.3) is 0 Å². The van der Waals surface area contributed by atoms with E-state index in [2.05, 4.69) is 15.7 Å². The van der Waals surface area contributed by atoms with E-state index in [1.807, 2.05) is 20.8 Å². The molecule has 0 radical (unpaired) electrons. The molecule has 0 aromatic carbocycles. The normalized spacial score (nSPS) is 19.6. The van der Waals surface area contributed by atoms with Gasteiger partial charge in [-0.2, -0.15) is 0 Å². The Bertz CT molecular complexity index is 849. The molecule has 10 nitrogen and oxygen atoms in total. The van der Waals surface area contributed by atoms with Gasteiger partial charge in [0.25, 0.3) is 5.91 Å². The van der Waals surface area contributed by atoms with Crippen LogP contribution in [0, 0.1) is 11.3 Å². The van der Waals surface area contributed by atoms with Crippen molar-refractivity contribution in [1.82, 2.24) is 20.6 Å². The van der Waals surface area contributed by atoms with Crippen molar-refractivity contribution in [2.24, 2.45) is 17.1 Å². The third kappa shape index (κ3) is 4.85. The first-order valence-electron chi connectivity index (χ1n) is 9.93. The highest BCUT2D eigenvalue weighted by molar-refractivity contribution is 6.06. The molecule has 166 valence electrons. The molecule has 0 aliphatic carbocycles. The standard InChI is InChI=1S/C20H31N5O5/c1-10(9-12(26)13-15(20(5,6)7)30-24-23-13)8-11(16(21)27)25-14(19(2,3)4)17(28)22-18(25)29/h10-11,14H,8-9H2,1-7H3,(H2,21,27)(H,22,28,29)/t10-,11?,14+/m0/s1. The Kier molecular flexibility index (Phi) is 6.39. The Morgan fingerprint density at radius 2 is 1.80 bits per heavy atom. The highest BCUT2D eigenvalue weighted by Crippen LogP contribution is 2.32. The van der Waals surface area contributed by atoms with Gasteiger partial charge in [0.1, 0.15) is 12.1 Å². The number of urea groups is 1. The van der Waals surface area contributed by atoms with Gasteiger partial charge in [0.2, 0.25) is 5.91 Å². The lowest BCUT2D eigenvalue weighted by molar-refractivity contribution is -0.128. The smallest absolute Gasteiger partial charge is 0.325 e. The third-order valence-corrected chi connectivity index (χ3v) is 5.07. The zero-order chi connectivity index (χ0) is 23.0. The van der Waals surface area contributed by atoms with E-state index in [-0.39, 0.29) is 30.2 Å². The average Bonchev–Trinajstić information content (AvgIpc) is 3.16. The number of nitrogens with zero attached hydrogens (tertiary/aromatic N) is 3. The molecule has 3 atom stereocenters. The zero-order valence-corrected chi connectivity index (χ0v) is 18.6. The number of hydrogen-bond acceptors (Lipinski definition) is 7. The zero-order valence-electron chi connectivity index (χ0n) is 18.6. The van der Waals surface area contributed by atoms with E-state index in [4.69, 9.17) is 10.3 Å². The SMILES string of the molecule is C[C@H](CC(=O)c1nnoc1C(C)(C)C)CC(C(N)=O)N1C(=O)NC(=O)[C@@H]1C(C)(C)C. The van der Waals surface area contributed by atoms with Crippen LogP contribution in [-0.4, -0.2) is 51.0 Å². The van der Waals surface area contributed by atoms with E-state index in [1.165, 1.54) is 4.90 Å². The molecule has 30 heavy (non-hydrogen) atoms. The van der Waals surface area contributed by atoms with Gasteiger partial charge in [0.05, 0.1) is 0 Å². The van der Waals surface area contributed by atoms with Crippen LogP contribution >= 0.6 is 0 Å². The molecular formula is C20H31N5O5. The van der Waals surface area contributed by atoms with E-state index in [0.717, 1.165) is 0 Å². The molecule has 1 aromatic heterocycles. The lowest BCUT2D eigenvalue weighted by atomic mass is 9.84. The highest BCUT2D eigenvalue weighted by atomic mass is 16.5. The largest absolute Gasteiger partial charge is 0.368 e. The van der Waals surface area contributed by atoms with Crippen molar-refractivity contribution in [2.75, 3.05) is 0 Å². The maximum absolute atomic E-state index is 12.8. The number of carbonyl (C=O) groups excluding carboxylic acids is 4. The van der Waals surface area contributed by atoms with Crippen LogP contribution in [0.4, 0.5) is 4.79 Å². The molecule has 2 heterocycles. The van der Waals surface area contributed by atoms with Crippen LogP contribution in [-0.2, 0) is 15.0 Å². The van der Waals surface area contributed by atoms with Crippen molar-refractivity contribution in [3.05, 3.63) is 11.5 Å². The summed E-state index contributed by atoms with van der Waals surface area (Å²) in [5.74, 6) is -1.39. The van der Waals surface area contributed by atoms with Gasteiger partial charge >= 0.3 is 6.03 Å². The maximum Gasteiger partial charge on any atom is 0.325 e. The van der Waals surface area contributed by atoms with Gasteiger partial charge in [0.15, 0.2) is 17.2 Å². The fourth-order valence-corrected chi connectivity index (χ4v) is 3.72. The Morgan fingerprint density at radius 1 is 1.20 bits per heavy atom. The summed E-state index contributed by atoms with van der Waals surface area (Å²) in [5, 5.41) is 9.58. The summed E-state index contributed by atoms with van der Waals surface area (Å²) in [7, 11) is 0. The topological polar surface area (TPSA) is 148 Å². The molecule has 1 aliphatic heterocycles. The molecule has 4 amide bonds. The molecule has 10 heteroatoms. The van der Waals surface area contributed by atoms with E-state index < -0.39 is 40.8 Å². The van der Waals surface area contributed by atoms with Crippen molar-refractivity contribution < 1.29 is 23.7 Å². The van der Waals surface area contributed by atoms with Crippen molar-refractivity contribution in [2.45, 2.75) is 78.8 Å². The Hall–Kier alpha value is -2.78. The molecule has 1 fully saturated rings. The first-order valence-corrected chi connectivity index (χ1v) is 9.93. The van der Waals surface area contributed by atoms with Gasteiger partial charge in [-0.15, -0.1) is 5.10 Å². The molecule has 0 spiro atoms. The molecule has 1 unspecified atom stereocenters. The van der Waals surface area contributed by atoms with Crippen LogP contribution in [0.2, 0.25) is 0 Å². The van der Waals surface area contributed by atoms with Gasteiger partial charge in [-0.05, 0) is 17.8 Å². The number of hydrogen-bond donors (Lipinski definition) is 2. The van der Waals surface area contributed by atoms with Crippen molar-refractivity contribution in [3.63, 3.8) is 0 Å². The number of carbonyl (C=O) groups is 4. The summed E-state index contributed by atoms with van der Waals surface area (Å²) >= 11 is 0. The predicted molar refractivity (Wildman–Crippen MR) is 107 cm³/mol. The van der Waals surface area contributed by atoms with E-state index in [9.17, 15) is 19.2 Å².